The van der Waals surface area contributed by atoms with Gasteiger partial charge in [-0.3, -0.25) is 4.98 Å². The number of hydrogen-bond donors (Lipinski definition) is 0. The van der Waals surface area contributed by atoms with Gasteiger partial charge in [0, 0.05) is 6.20 Å². The van der Waals surface area contributed by atoms with Gasteiger partial charge in [0.05, 0.1) is 12.1 Å². The van der Waals surface area contributed by atoms with E-state index in [0.29, 0.717) is 5.69 Å². The molecule has 0 radical (unpaired) electrons. The van der Waals surface area contributed by atoms with E-state index in [1.165, 1.54) is 0 Å². The van der Waals surface area contributed by atoms with Crippen LogP contribution in [0.25, 0.3) is 15.7 Å². The highest BCUT2D eigenvalue weighted by molar-refractivity contribution is 5.82. The molecule has 2 rings (SSSR count). The lowest BCUT2D eigenvalue weighted by Crippen LogP contribution is -1.79. The fourth-order valence-electron chi connectivity index (χ4n) is 1.30. The van der Waals surface area contributed by atoms with Crippen molar-refractivity contribution in [3.05, 3.63) is 47.4 Å². The molecule has 0 amide bonds. The number of pyridine rings is 1. The Morgan fingerprint density at radius 1 is 1.31 bits per heavy atom. The van der Waals surface area contributed by atoms with Crippen molar-refractivity contribution in [2.24, 2.45) is 0 Å². The molecular weight excluding hydrogens is 160 g/mol. The molecule has 0 saturated carbocycles. The molecule has 2 heteroatoms. The minimum absolute atomic E-state index is 0.667. The molecule has 0 fully saturated rings. The number of benzene rings is 1. The Labute approximate surface area is 76.7 Å². The third-order valence-electron chi connectivity index (χ3n) is 1.93. The summed E-state index contributed by atoms with van der Waals surface area (Å²) in [4.78, 5) is 7.63. The zero-order valence-electron chi connectivity index (χ0n) is 7.28. The summed E-state index contributed by atoms with van der Waals surface area (Å²) in [7, 11) is 0. The van der Waals surface area contributed by atoms with E-state index in [1.807, 2.05) is 31.3 Å². The largest absolute Gasteiger partial charge is 0.256 e. The van der Waals surface area contributed by atoms with Gasteiger partial charge in [0.1, 0.15) is 0 Å². The summed E-state index contributed by atoms with van der Waals surface area (Å²) in [6, 6.07) is 7.57. The zero-order valence-corrected chi connectivity index (χ0v) is 7.28. The Kier molecular flexibility index (Phi) is 1.71. The van der Waals surface area contributed by atoms with E-state index in [2.05, 4.69) is 9.83 Å². The molecule has 0 spiro atoms. The Morgan fingerprint density at radius 2 is 2.15 bits per heavy atom. The number of fused-ring (bicyclic) bond motifs is 1. The van der Waals surface area contributed by atoms with Crippen molar-refractivity contribution in [2.75, 3.05) is 0 Å². The highest BCUT2D eigenvalue weighted by Gasteiger charge is 1.96. The lowest BCUT2D eigenvalue weighted by molar-refractivity contribution is 1.33. The van der Waals surface area contributed by atoms with Crippen LogP contribution in [0.15, 0.2) is 30.5 Å². The van der Waals surface area contributed by atoms with Crippen molar-refractivity contribution in [1.29, 1.82) is 0 Å². The van der Waals surface area contributed by atoms with Gasteiger partial charge in [-0.15, -0.1) is 0 Å². The van der Waals surface area contributed by atoms with Crippen LogP contribution in [-0.4, -0.2) is 4.98 Å². The molecule has 0 unspecified atom stereocenters. The number of hydrogen-bond acceptors (Lipinski definition) is 1. The Hall–Kier alpha value is -1.88. The average molecular weight is 168 g/mol. The second-order valence-corrected chi connectivity index (χ2v) is 3.00. The SMILES string of the molecule is [C-]#[N+]c1ccc2ncc(C)cc2c1. The van der Waals surface area contributed by atoms with E-state index in [1.54, 1.807) is 6.07 Å². The molecule has 13 heavy (non-hydrogen) atoms. The van der Waals surface area contributed by atoms with E-state index >= 15 is 0 Å². The van der Waals surface area contributed by atoms with Crippen LogP contribution in [0.3, 0.4) is 0 Å². The number of rotatable bonds is 0. The number of aryl methyl sites for hydroxylation is 1. The first-order valence-corrected chi connectivity index (χ1v) is 4.03. The van der Waals surface area contributed by atoms with Crippen molar-refractivity contribution in [2.45, 2.75) is 6.92 Å². The summed E-state index contributed by atoms with van der Waals surface area (Å²) in [5.74, 6) is 0. The molecule has 1 aromatic heterocycles. The fourth-order valence-corrected chi connectivity index (χ4v) is 1.30. The minimum atomic E-state index is 0.667. The molecule has 2 nitrogen and oxygen atoms in total. The molecule has 0 aliphatic carbocycles. The highest BCUT2D eigenvalue weighted by Crippen LogP contribution is 2.20. The minimum Gasteiger partial charge on any atom is -0.256 e. The second kappa shape index (κ2) is 2.87. The second-order valence-electron chi connectivity index (χ2n) is 3.00. The van der Waals surface area contributed by atoms with Gasteiger partial charge >= 0.3 is 0 Å². The lowest BCUT2D eigenvalue weighted by atomic mass is 10.1. The molecular formula is C11H8N2. The fraction of sp³-hybridized carbons (Fsp3) is 0.0909. The molecule has 2 aromatic rings. The highest BCUT2D eigenvalue weighted by atomic mass is 14.7. The topological polar surface area (TPSA) is 17.2 Å². The van der Waals surface area contributed by atoms with E-state index in [9.17, 15) is 0 Å². The molecule has 0 bridgehead atoms. The summed E-state index contributed by atoms with van der Waals surface area (Å²) in [6.45, 7) is 8.87. The summed E-state index contributed by atoms with van der Waals surface area (Å²) >= 11 is 0. The summed E-state index contributed by atoms with van der Waals surface area (Å²) in [6.07, 6.45) is 1.83. The van der Waals surface area contributed by atoms with E-state index in [-0.39, 0.29) is 0 Å². The smallest absolute Gasteiger partial charge is 0.187 e. The Morgan fingerprint density at radius 3 is 2.92 bits per heavy atom. The monoisotopic (exact) mass is 168 g/mol. The van der Waals surface area contributed by atoms with Crippen LogP contribution in [0, 0.1) is 13.5 Å². The standard InChI is InChI=1S/C11H8N2/c1-8-5-9-6-10(12-2)3-4-11(9)13-7-8/h3-7H,1H3. The van der Waals surface area contributed by atoms with Crippen LogP contribution in [0.1, 0.15) is 5.56 Å². The van der Waals surface area contributed by atoms with Crippen LogP contribution >= 0.6 is 0 Å². The quantitative estimate of drug-likeness (QED) is 0.552. The van der Waals surface area contributed by atoms with Crippen LogP contribution in [-0.2, 0) is 0 Å². The Balaban J connectivity index is 2.77. The maximum Gasteiger partial charge on any atom is 0.187 e. The first-order valence-electron chi connectivity index (χ1n) is 4.03. The van der Waals surface area contributed by atoms with Gasteiger partial charge in [-0.25, -0.2) is 4.85 Å². The molecule has 62 valence electrons. The van der Waals surface area contributed by atoms with Gasteiger partial charge in [-0.2, -0.15) is 0 Å². The van der Waals surface area contributed by atoms with Gasteiger partial charge in [0.2, 0.25) is 0 Å². The van der Waals surface area contributed by atoms with Gasteiger partial charge in [-0.05, 0) is 36.1 Å². The van der Waals surface area contributed by atoms with Crippen molar-refractivity contribution in [1.82, 2.24) is 4.98 Å². The van der Waals surface area contributed by atoms with Crippen molar-refractivity contribution < 1.29 is 0 Å². The van der Waals surface area contributed by atoms with Gasteiger partial charge in [-0.1, -0.05) is 6.07 Å². The first-order chi connectivity index (χ1) is 6.29. The average Bonchev–Trinajstić information content (AvgIpc) is 2.16. The van der Waals surface area contributed by atoms with E-state index in [4.69, 9.17) is 6.57 Å². The van der Waals surface area contributed by atoms with E-state index < -0.39 is 0 Å². The Bertz CT molecular complexity index is 495. The predicted molar refractivity (Wildman–Crippen MR) is 52.7 cm³/mol. The molecule has 0 saturated heterocycles. The van der Waals surface area contributed by atoms with Crippen LogP contribution in [0.2, 0.25) is 0 Å². The molecule has 0 atom stereocenters. The third kappa shape index (κ3) is 1.36. The van der Waals surface area contributed by atoms with Gasteiger partial charge in [0.15, 0.2) is 5.69 Å². The first kappa shape index (κ1) is 7.75. The number of aromatic nitrogens is 1. The maximum atomic E-state index is 6.88. The predicted octanol–water partition coefficient (Wildman–Crippen LogP) is 3.09. The van der Waals surface area contributed by atoms with Crippen molar-refractivity contribution in [3.63, 3.8) is 0 Å². The molecule has 1 aromatic carbocycles. The molecule has 1 heterocycles. The molecule has 0 aliphatic rings. The molecule has 0 N–H and O–H groups in total. The summed E-state index contributed by atoms with van der Waals surface area (Å²) < 4.78 is 0. The summed E-state index contributed by atoms with van der Waals surface area (Å²) in [5, 5.41) is 1.04. The lowest BCUT2D eigenvalue weighted by Gasteiger charge is -1.98. The van der Waals surface area contributed by atoms with Crippen molar-refractivity contribution in [3.8, 4) is 0 Å². The third-order valence-corrected chi connectivity index (χ3v) is 1.93. The van der Waals surface area contributed by atoms with Gasteiger partial charge < -0.3 is 0 Å². The van der Waals surface area contributed by atoms with Crippen LogP contribution in [0.5, 0.6) is 0 Å². The summed E-state index contributed by atoms with van der Waals surface area (Å²) in [5.41, 5.74) is 2.73. The van der Waals surface area contributed by atoms with Crippen LogP contribution in [0.4, 0.5) is 5.69 Å². The van der Waals surface area contributed by atoms with E-state index in [0.717, 1.165) is 16.5 Å². The van der Waals surface area contributed by atoms with Crippen LogP contribution < -0.4 is 0 Å². The van der Waals surface area contributed by atoms with Gasteiger partial charge in [0.25, 0.3) is 0 Å². The maximum absolute atomic E-state index is 6.88. The normalized spacial score (nSPS) is 9.85. The van der Waals surface area contributed by atoms with Crippen molar-refractivity contribution >= 4 is 16.6 Å². The zero-order chi connectivity index (χ0) is 9.26. The molecule has 0 aliphatic heterocycles. The number of nitrogens with zero attached hydrogens (tertiary/aromatic N) is 2.